The van der Waals surface area contributed by atoms with Crippen LogP contribution in [0.5, 0.6) is 0 Å². The molecule has 0 unspecified atom stereocenters. The van der Waals surface area contributed by atoms with Gasteiger partial charge in [-0.05, 0) is 13.0 Å². The summed E-state index contributed by atoms with van der Waals surface area (Å²) < 4.78 is 5.62. The normalized spacial score (nSPS) is 23.8. The summed E-state index contributed by atoms with van der Waals surface area (Å²) in [6.07, 6.45) is 6.27. The second-order valence-electron chi connectivity index (χ2n) is 3.05. The van der Waals surface area contributed by atoms with E-state index in [1.807, 2.05) is 0 Å². The SMILES string of the molecule is c1cnc([C@@H]2CNCCCO2)cn1. The van der Waals surface area contributed by atoms with E-state index in [-0.39, 0.29) is 6.10 Å². The van der Waals surface area contributed by atoms with E-state index in [2.05, 4.69) is 15.3 Å². The molecule has 1 fully saturated rings. The molecular weight excluding hydrogens is 166 g/mol. The molecular formula is C9H13N3O. The Kier molecular flexibility index (Phi) is 2.84. The number of hydrogen-bond donors (Lipinski definition) is 1. The molecule has 4 heteroatoms. The minimum Gasteiger partial charge on any atom is -0.370 e. The fourth-order valence-corrected chi connectivity index (χ4v) is 1.38. The van der Waals surface area contributed by atoms with Crippen molar-refractivity contribution in [1.82, 2.24) is 15.3 Å². The Bertz CT molecular complexity index is 244. The second-order valence-corrected chi connectivity index (χ2v) is 3.05. The predicted molar refractivity (Wildman–Crippen MR) is 48.2 cm³/mol. The first-order chi connectivity index (χ1) is 6.47. The number of aromatic nitrogens is 2. The summed E-state index contributed by atoms with van der Waals surface area (Å²) in [5.74, 6) is 0. The third-order valence-corrected chi connectivity index (χ3v) is 2.06. The first-order valence-electron chi connectivity index (χ1n) is 4.55. The van der Waals surface area contributed by atoms with Crippen molar-refractivity contribution in [3.8, 4) is 0 Å². The predicted octanol–water partition coefficient (Wildman–Crippen LogP) is 0.528. The summed E-state index contributed by atoms with van der Waals surface area (Å²) in [6, 6.07) is 0. The standard InChI is InChI=1S/C9H13N3O/c1-2-10-7-9(13-5-1)8-6-11-3-4-12-8/h3-4,6,9-10H,1-2,5,7H2/t9-/m0/s1. The van der Waals surface area contributed by atoms with Gasteiger partial charge >= 0.3 is 0 Å². The molecule has 1 N–H and O–H groups in total. The molecule has 0 radical (unpaired) electrons. The zero-order valence-corrected chi connectivity index (χ0v) is 7.44. The van der Waals surface area contributed by atoms with Gasteiger partial charge < -0.3 is 10.1 Å². The molecule has 1 aliphatic rings. The van der Waals surface area contributed by atoms with Crippen molar-refractivity contribution in [2.45, 2.75) is 12.5 Å². The van der Waals surface area contributed by atoms with Crippen molar-refractivity contribution in [3.05, 3.63) is 24.3 Å². The van der Waals surface area contributed by atoms with Gasteiger partial charge in [0.1, 0.15) is 6.10 Å². The molecule has 0 amide bonds. The molecule has 70 valence electrons. The van der Waals surface area contributed by atoms with E-state index in [4.69, 9.17) is 4.74 Å². The number of rotatable bonds is 1. The van der Waals surface area contributed by atoms with E-state index in [0.717, 1.165) is 31.8 Å². The second kappa shape index (κ2) is 4.30. The Hall–Kier alpha value is -1.00. The minimum atomic E-state index is 0.0659. The Morgan fingerprint density at radius 3 is 3.31 bits per heavy atom. The van der Waals surface area contributed by atoms with Gasteiger partial charge in [-0.3, -0.25) is 9.97 Å². The molecule has 1 atom stereocenters. The number of ether oxygens (including phenoxy) is 1. The van der Waals surface area contributed by atoms with Gasteiger partial charge in [-0.25, -0.2) is 0 Å². The van der Waals surface area contributed by atoms with E-state index in [1.54, 1.807) is 18.6 Å². The van der Waals surface area contributed by atoms with Crippen molar-refractivity contribution < 1.29 is 4.74 Å². The monoisotopic (exact) mass is 179 g/mol. The van der Waals surface area contributed by atoms with Crippen LogP contribution in [0.2, 0.25) is 0 Å². The third-order valence-electron chi connectivity index (χ3n) is 2.06. The van der Waals surface area contributed by atoms with Crippen LogP contribution in [0.4, 0.5) is 0 Å². The lowest BCUT2D eigenvalue weighted by Crippen LogP contribution is -2.20. The highest BCUT2D eigenvalue weighted by Gasteiger charge is 2.15. The van der Waals surface area contributed by atoms with Gasteiger partial charge in [0, 0.05) is 25.5 Å². The minimum absolute atomic E-state index is 0.0659. The summed E-state index contributed by atoms with van der Waals surface area (Å²) in [7, 11) is 0. The maximum absolute atomic E-state index is 5.62. The molecule has 4 nitrogen and oxygen atoms in total. The summed E-state index contributed by atoms with van der Waals surface area (Å²) in [5.41, 5.74) is 0.914. The van der Waals surface area contributed by atoms with E-state index in [1.165, 1.54) is 0 Å². The Morgan fingerprint density at radius 2 is 2.46 bits per heavy atom. The number of nitrogens with one attached hydrogen (secondary N) is 1. The van der Waals surface area contributed by atoms with Gasteiger partial charge in [0.15, 0.2) is 0 Å². The quantitative estimate of drug-likeness (QED) is 0.683. The Morgan fingerprint density at radius 1 is 1.46 bits per heavy atom. The highest BCUT2D eigenvalue weighted by atomic mass is 16.5. The van der Waals surface area contributed by atoms with Crippen LogP contribution in [0.1, 0.15) is 18.2 Å². The molecule has 1 aromatic heterocycles. The molecule has 0 aliphatic carbocycles. The van der Waals surface area contributed by atoms with Crippen LogP contribution in [0.15, 0.2) is 18.6 Å². The molecule has 1 saturated heterocycles. The highest BCUT2D eigenvalue weighted by Crippen LogP contribution is 2.14. The highest BCUT2D eigenvalue weighted by molar-refractivity contribution is 5.00. The molecule has 2 heterocycles. The van der Waals surface area contributed by atoms with Crippen molar-refractivity contribution in [2.75, 3.05) is 19.7 Å². The number of hydrogen-bond acceptors (Lipinski definition) is 4. The van der Waals surface area contributed by atoms with Crippen LogP contribution in [0.3, 0.4) is 0 Å². The van der Waals surface area contributed by atoms with Gasteiger partial charge in [0.2, 0.25) is 0 Å². The van der Waals surface area contributed by atoms with E-state index in [9.17, 15) is 0 Å². The fraction of sp³-hybridized carbons (Fsp3) is 0.556. The lowest BCUT2D eigenvalue weighted by Gasteiger charge is -2.12. The Labute approximate surface area is 77.4 Å². The van der Waals surface area contributed by atoms with Crippen LogP contribution in [-0.4, -0.2) is 29.7 Å². The molecule has 0 aromatic carbocycles. The van der Waals surface area contributed by atoms with Crippen molar-refractivity contribution in [3.63, 3.8) is 0 Å². The largest absolute Gasteiger partial charge is 0.370 e. The van der Waals surface area contributed by atoms with Gasteiger partial charge in [-0.15, -0.1) is 0 Å². The van der Waals surface area contributed by atoms with Crippen LogP contribution >= 0.6 is 0 Å². The van der Waals surface area contributed by atoms with E-state index >= 15 is 0 Å². The maximum Gasteiger partial charge on any atom is 0.113 e. The molecule has 1 aliphatic heterocycles. The summed E-state index contributed by atoms with van der Waals surface area (Å²) in [5, 5.41) is 3.30. The Balaban J connectivity index is 2.06. The van der Waals surface area contributed by atoms with Gasteiger partial charge in [0.05, 0.1) is 11.9 Å². The summed E-state index contributed by atoms with van der Waals surface area (Å²) in [4.78, 5) is 8.24. The third kappa shape index (κ3) is 2.23. The molecule has 1 aromatic rings. The van der Waals surface area contributed by atoms with Gasteiger partial charge in [-0.2, -0.15) is 0 Å². The van der Waals surface area contributed by atoms with Crippen LogP contribution in [0.25, 0.3) is 0 Å². The molecule has 0 spiro atoms. The van der Waals surface area contributed by atoms with Crippen LogP contribution in [0, 0.1) is 0 Å². The molecule has 13 heavy (non-hydrogen) atoms. The van der Waals surface area contributed by atoms with Crippen LogP contribution in [-0.2, 0) is 4.74 Å². The first-order valence-corrected chi connectivity index (χ1v) is 4.55. The lowest BCUT2D eigenvalue weighted by molar-refractivity contribution is 0.0636. The number of nitrogens with zero attached hydrogens (tertiary/aromatic N) is 2. The van der Waals surface area contributed by atoms with E-state index < -0.39 is 0 Å². The van der Waals surface area contributed by atoms with Crippen molar-refractivity contribution in [1.29, 1.82) is 0 Å². The molecule has 0 bridgehead atoms. The van der Waals surface area contributed by atoms with Crippen molar-refractivity contribution >= 4 is 0 Å². The average molecular weight is 179 g/mol. The van der Waals surface area contributed by atoms with Crippen LogP contribution < -0.4 is 5.32 Å². The lowest BCUT2D eigenvalue weighted by atomic mass is 10.2. The first kappa shape index (κ1) is 8.59. The molecule has 0 saturated carbocycles. The van der Waals surface area contributed by atoms with E-state index in [0.29, 0.717) is 0 Å². The topological polar surface area (TPSA) is 47.0 Å². The summed E-state index contributed by atoms with van der Waals surface area (Å²) in [6.45, 7) is 2.66. The van der Waals surface area contributed by atoms with Gasteiger partial charge in [-0.1, -0.05) is 0 Å². The molecule has 2 rings (SSSR count). The zero-order chi connectivity index (χ0) is 8.93. The van der Waals surface area contributed by atoms with Gasteiger partial charge in [0.25, 0.3) is 0 Å². The van der Waals surface area contributed by atoms with Crippen molar-refractivity contribution in [2.24, 2.45) is 0 Å². The summed E-state index contributed by atoms with van der Waals surface area (Å²) >= 11 is 0. The zero-order valence-electron chi connectivity index (χ0n) is 7.44. The average Bonchev–Trinajstić information content (AvgIpc) is 2.47. The fourth-order valence-electron chi connectivity index (χ4n) is 1.38. The smallest absolute Gasteiger partial charge is 0.113 e. The maximum atomic E-state index is 5.62.